The van der Waals surface area contributed by atoms with Crippen molar-refractivity contribution in [2.75, 3.05) is 50.2 Å². The predicted molar refractivity (Wildman–Crippen MR) is 84.8 cm³/mol. The zero-order chi connectivity index (χ0) is 14.7. The van der Waals surface area contributed by atoms with Gasteiger partial charge in [-0.2, -0.15) is 4.98 Å². The molecule has 6 nitrogen and oxygen atoms in total. The fourth-order valence-electron chi connectivity index (χ4n) is 2.34. The summed E-state index contributed by atoms with van der Waals surface area (Å²) in [5.74, 6) is 2.32. The number of anilines is 2. The topological polar surface area (TPSA) is 59.5 Å². The van der Waals surface area contributed by atoms with Crippen LogP contribution in [0.3, 0.4) is 0 Å². The van der Waals surface area contributed by atoms with Crippen LogP contribution in [0, 0.1) is 5.92 Å². The Morgan fingerprint density at radius 2 is 2.33 bits per heavy atom. The highest BCUT2D eigenvalue weighted by atomic mass is 79.9. The first-order valence-electron chi connectivity index (χ1n) is 7.41. The van der Waals surface area contributed by atoms with Crippen LogP contribution >= 0.6 is 15.9 Å². The lowest BCUT2D eigenvalue weighted by Crippen LogP contribution is -2.45. The molecule has 1 saturated carbocycles. The van der Waals surface area contributed by atoms with E-state index >= 15 is 0 Å². The molecule has 2 fully saturated rings. The highest BCUT2D eigenvalue weighted by Crippen LogP contribution is 2.29. The summed E-state index contributed by atoms with van der Waals surface area (Å²) in [6.07, 6.45) is 4.51. The molecule has 1 atom stereocenters. The quantitative estimate of drug-likeness (QED) is 0.840. The van der Waals surface area contributed by atoms with Gasteiger partial charge in [0.2, 0.25) is 5.95 Å². The second-order valence-corrected chi connectivity index (χ2v) is 6.39. The molecule has 0 amide bonds. The van der Waals surface area contributed by atoms with Gasteiger partial charge in [0, 0.05) is 32.9 Å². The average Bonchev–Trinajstić information content (AvgIpc) is 3.32. The van der Waals surface area contributed by atoms with Gasteiger partial charge in [-0.3, -0.25) is 0 Å². The Labute approximate surface area is 133 Å². The first-order chi connectivity index (χ1) is 10.3. The van der Waals surface area contributed by atoms with E-state index in [-0.39, 0.29) is 6.10 Å². The highest BCUT2D eigenvalue weighted by molar-refractivity contribution is 9.10. The Kier molecular flexibility index (Phi) is 4.92. The number of hydrogen-bond acceptors (Lipinski definition) is 6. The largest absolute Gasteiger partial charge is 0.378 e. The van der Waals surface area contributed by atoms with Gasteiger partial charge in [-0.1, -0.05) is 0 Å². The van der Waals surface area contributed by atoms with Gasteiger partial charge in [0.25, 0.3) is 0 Å². The lowest BCUT2D eigenvalue weighted by molar-refractivity contribution is -0.0260. The van der Waals surface area contributed by atoms with Crippen molar-refractivity contribution in [3.8, 4) is 0 Å². The van der Waals surface area contributed by atoms with Gasteiger partial charge in [-0.05, 0) is 34.7 Å². The minimum Gasteiger partial charge on any atom is -0.378 e. The molecule has 7 heteroatoms. The van der Waals surface area contributed by atoms with Gasteiger partial charge < -0.3 is 19.7 Å². The Hall–Kier alpha value is -0.920. The second kappa shape index (κ2) is 6.89. The summed E-state index contributed by atoms with van der Waals surface area (Å²) < 4.78 is 12.4. The maximum absolute atomic E-state index is 5.77. The van der Waals surface area contributed by atoms with Crippen LogP contribution in [0.15, 0.2) is 10.7 Å². The molecule has 1 aliphatic carbocycles. The molecule has 1 unspecified atom stereocenters. The molecule has 1 saturated heterocycles. The molecule has 0 aromatic carbocycles. The normalized spacial score (nSPS) is 22.4. The summed E-state index contributed by atoms with van der Waals surface area (Å²) in [6, 6.07) is 0. The van der Waals surface area contributed by atoms with E-state index in [9.17, 15) is 0 Å². The Bertz CT molecular complexity index is 484. The van der Waals surface area contributed by atoms with E-state index in [4.69, 9.17) is 9.47 Å². The molecular weight excluding hydrogens is 336 g/mol. The molecule has 1 aromatic rings. The summed E-state index contributed by atoms with van der Waals surface area (Å²) in [5.41, 5.74) is 0. The zero-order valence-corrected chi connectivity index (χ0v) is 13.8. The lowest BCUT2D eigenvalue weighted by Gasteiger charge is -2.33. The van der Waals surface area contributed by atoms with Gasteiger partial charge in [0.1, 0.15) is 5.82 Å². The molecule has 0 spiro atoms. The molecule has 1 aromatic heterocycles. The van der Waals surface area contributed by atoms with Gasteiger partial charge in [0.05, 0.1) is 23.8 Å². The van der Waals surface area contributed by atoms with E-state index in [2.05, 4.69) is 36.1 Å². The van der Waals surface area contributed by atoms with E-state index in [1.165, 1.54) is 12.8 Å². The number of morpholine rings is 1. The summed E-state index contributed by atoms with van der Waals surface area (Å²) in [5, 5.41) is 3.06. The van der Waals surface area contributed by atoms with Crippen molar-refractivity contribution in [1.29, 1.82) is 0 Å². The average molecular weight is 357 g/mol. The van der Waals surface area contributed by atoms with Crippen molar-refractivity contribution in [2.45, 2.75) is 18.9 Å². The lowest BCUT2D eigenvalue weighted by atomic mass is 10.3. The molecule has 2 heterocycles. The summed E-state index contributed by atoms with van der Waals surface area (Å²) in [7, 11) is 1.85. The molecule has 0 bridgehead atoms. The number of nitrogens with zero attached hydrogens (tertiary/aromatic N) is 3. The predicted octanol–water partition coefficient (Wildman–Crippen LogP) is 1.91. The monoisotopic (exact) mass is 356 g/mol. The van der Waals surface area contributed by atoms with Gasteiger partial charge >= 0.3 is 0 Å². The van der Waals surface area contributed by atoms with Crippen molar-refractivity contribution >= 4 is 27.7 Å². The first kappa shape index (κ1) is 15.0. The minimum absolute atomic E-state index is 0.0998. The SMILES string of the molecule is CNc1nc(N2CCOC(COCC3CC3)C2)ncc1Br. The van der Waals surface area contributed by atoms with Crippen LogP contribution in [0.4, 0.5) is 11.8 Å². The van der Waals surface area contributed by atoms with E-state index in [1.807, 2.05) is 7.05 Å². The third kappa shape index (κ3) is 4.05. The smallest absolute Gasteiger partial charge is 0.227 e. The van der Waals surface area contributed by atoms with Crippen molar-refractivity contribution in [3.63, 3.8) is 0 Å². The van der Waals surface area contributed by atoms with Crippen molar-refractivity contribution in [1.82, 2.24) is 9.97 Å². The fourth-order valence-corrected chi connectivity index (χ4v) is 2.73. The van der Waals surface area contributed by atoms with Crippen LogP contribution < -0.4 is 10.2 Å². The zero-order valence-electron chi connectivity index (χ0n) is 12.2. The van der Waals surface area contributed by atoms with Crippen molar-refractivity contribution in [2.24, 2.45) is 5.92 Å². The Morgan fingerprint density at radius 1 is 1.48 bits per heavy atom. The summed E-state index contributed by atoms with van der Waals surface area (Å²) >= 11 is 3.43. The molecular formula is C14H21BrN4O2. The van der Waals surface area contributed by atoms with Gasteiger partial charge in [-0.15, -0.1) is 0 Å². The number of ether oxygens (including phenoxy) is 2. The van der Waals surface area contributed by atoms with Crippen LogP contribution in [-0.2, 0) is 9.47 Å². The van der Waals surface area contributed by atoms with Gasteiger partial charge in [0.15, 0.2) is 0 Å². The summed E-state index contributed by atoms with van der Waals surface area (Å²) in [4.78, 5) is 11.1. The standard InChI is InChI=1S/C14H21BrN4O2/c1-16-13-12(15)6-17-14(18-13)19-4-5-21-11(7-19)9-20-8-10-2-3-10/h6,10-11H,2-5,7-9H2,1H3,(H,16,17,18). The first-order valence-corrected chi connectivity index (χ1v) is 8.20. The second-order valence-electron chi connectivity index (χ2n) is 5.54. The minimum atomic E-state index is 0.0998. The van der Waals surface area contributed by atoms with E-state index in [0.717, 1.165) is 41.9 Å². The Balaban J connectivity index is 1.56. The van der Waals surface area contributed by atoms with E-state index in [1.54, 1.807) is 6.20 Å². The van der Waals surface area contributed by atoms with Crippen LogP contribution in [0.1, 0.15) is 12.8 Å². The molecule has 2 aliphatic rings. The number of aromatic nitrogens is 2. The van der Waals surface area contributed by atoms with Crippen LogP contribution in [0.5, 0.6) is 0 Å². The molecule has 3 rings (SSSR count). The summed E-state index contributed by atoms with van der Waals surface area (Å²) in [6.45, 7) is 3.80. The number of nitrogens with one attached hydrogen (secondary N) is 1. The van der Waals surface area contributed by atoms with Gasteiger partial charge in [-0.25, -0.2) is 4.98 Å². The molecule has 1 N–H and O–H groups in total. The Morgan fingerprint density at radius 3 is 3.10 bits per heavy atom. The maximum atomic E-state index is 5.77. The van der Waals surface area contributed by atoms with Crippen LogP contribution in [-0.4, -0.2) is 56.0 Å². The number of halogens is 1. The highest BCUT2D eigenvalue weighted by Gasteiger charge is 2.25. The third-order valence-electron chi connectivity index (χ3n) is 3.74. The third-order valence-corrected chi connectivity index (χ3v) is 4.32. The van der Waals surface area contributed by atoms with Crippen molar-refractivity contribution < 1.29 is 9.47 Å². The van der Waals surface area contributed by atoms with Crippen LogP contribution in [0.25, 0.3) is 0 Å². The molecule has 1 aliphatic heterocycles. The van der Waals surface area contributed by atoms with E-state index in [0.29, 0.717) is 13.2 Å². The number of rotatable bonds is 6. The van der Waals surface area contributed by atoms with Crippen molar-refractivity contribution in [3.05, 3.63) is 10.7 Å². The maximum Gasteiger partial charge on any atom is 0.227 e. The van der Waals surface area contributed by atoms with E-state index < -0.39 is 0 Å². The molecule has 0 radical (unpaired) electrons. The molecule has 21 heavy (non-hydrogen) atoms. The molecule has 116 valence electrons. The van der Waals surface area contributed by atoms with Crippen LogP contribution in [0.2, 0.25) is 0 Å². The number of hydrogen-bond donors (Lipinski definition) is 1. The fraction of sp³-hybridized carbons (Fsp3) is 0.714.